The molecule has 2 aromatic rings. The lowest BCUT2D eigenvalue weighted by atomic mass is 10.0. The lowest BCUT2D eigenvalue weighted by Gasteiger charge is -2.09. The molecule has 1 heterocycles. The van der Waals surface area contributed by atoms with E-state index in [1.807, 2.05) is 0 Å². The molecule has 3 heteroatoms. The molecule has 1 aromatic heterocycles. The molecule has 3 nitrogen and oxygen atoms in total. The molecule has 20 heavy (non-hydrogen) atoms. The molecule has 0 unspecified atom stereocenters. The van der Waals surface area contributed by atoms with Crippen molar-refractivity contribution in [3.05, 3.63) is 35.2 Å². The summed E-state index contributed by atoms with van der Waals surface area (Å²) in [4.78, 5) is 4.92. The molecule has 1 fully saturated rings. The van der Waals surface area contributed by atoms with Gasteiger partial charge in [0.1, 0.15) is 17.3 Å². The van der Waals surface area contributed by atoms with Crippen molar-refractivity contribution < 1.29 is 0 Å². The summed E-state index contributed by atoms with van der Waals surface area (Å²) in [6.07, 6.45) is 3.60. The molecule has 0 spiro atoms. The molecule has 0 amide bonds. The van der Waals surface area contributed by atoms with Crippen LogP contribution in [0.2, 0.25) is 0 Å². The highest BCUT2D eigenvalue weighted by Gasteiger charge is 2.31. The predicted molar refractivity (Wildman–Crippen MR) is 83.8 cm³/mol. The van der Waals surface area contributed by atoms with Crippen molar-refractivity contribution in [3.8, 4) is 11.3 Å². The second-order valence-corrected chi connectivity index (χ2v) is 5.90. The highest BCUT2D eigenvalue weighted by atomic mass is 15.1. The number of anilines is 1. The van der Waals surface area contributed by atoms with Crippen molar-refractivity contribution in [2.24, 2.45) is 0 Å². The Morgan fingerprint density at radius 1 is 1.25 bits per heavy atom. The maximum atomic E-state index is 6.43. The van der Waals surface area contributed by atoms with Gasteiger partial charge in [0.05, 0.1) is 0 Å². The maximum absolute atomic E-state index is 6.43. The van der Waals surface area contributed by atoms with Crippen LogP contribution in [0.15, 0.2) is 18.2 Å². The Bertz CT molecular complexity index is 616. The van der Waals surface area contributed by atoms with E-state index in [2.05, 4.69) is 43.5 Å². The number of aryl methyl sites for hydroxylation is 2. The topological polar surface area (TPSA) is 43.8 Å². The van der Waals surface area contributed by atoms with Crippen LogP contribution in [0.5, 0.6) is 0 Å². The van der Waals surface area contributed by atoms with Crippen molar-refractivity contribution in [3.63, 3.8) is 0 Å². The minimum atomic E-state index is 0.627. The minimum Gasteiger partial charge on any atom is -0.383 e. The largest absolute Gasteiger partial charge is 0.383 e. The summed E-state index contributed by atoms with van der Waals surface area (Å²) < 4.78 is 2.24. The Labute approximate surface area is 120 Å². The number of hydrogen-bond donors (Lipinski definition) is 1. The Kier molecular flexibility index (Phi) is 3.28. The first-order valence-electron chi connectivity index (χ1n) is 7.56. The SMILES string of the molecule is CCCn1c(C2CC2)nc(-c2c(C)cccc2C)c1N. The average Bonchev–Trinajstić information content (AvgIpc) is 3.20. The van der Waals surface area contributed by atoms with E-state index >= 15 is 0 Å². The van der Waals surface area contributed by atoms with Crippen LogP contribution in [-0.2, 0) is 6.54 Å². The molecule has 0 aliphatic heterocycles. The summed E-state index contributed by atoms with van der Waals surface area (Å²) in [6, 6.07) is 6.37. The van der Waals surface area contributed by atoms with Gasteiger partial charge in [-0.05, 0) is 44.2 Å². The van der Waals surface area contributed by atoms with Crippen LogP contribution in [-0.4, -0.2) is 9.55 Å². The molecule has 1 aliphatic rings. The number of benzene rings is 1. The number of nitrogens with zero attached hydrogens (tertiary/aromatic N) is 2. The zero-order valence-corrected chi connectivity index (χ0v) is 12.6. The molecular weight excluding hydrogens is 246 g/mol. The van der Waals surface area contributed by atoms with Gasteiger partial charge in [-0.25, -0.2) is 4.98 Å². The van der Waals surface area contributed by atoms with Gasteiger partial charge >= 0.3 is 0 Å². The maximum Gasteiger partial charge on any atom is 0.131 e. The molecule has 2 N–H and O–H groups in total. The summed E-state index contributed by atoms with van der Waals surface area (Å²) in [7, 11) is 0. The van der Waals surface area contributed by atoms with E-state index in [9.17, 15) is 0 Å². The van der Waals surface area contributed by atoms with Crippen LogP contribution >= 0.6 is 0 Å². The predicted octanol–water partition coefficient (Wildman–Crippen LogP) is 4.04. The van der Waals surface area contributed by atoms with E-state index in [4.69, 9.17) is 10.7 Å². The number of hydrogen-bond acceptors (Lipinski definition) is 2. The molecule has 0 bridgehead atoms. The molecule has 1 aromatic carbocycles. The first-order chi connectivity index (χ1) is 9.63. The van der Waals surface area contributed by atoms with Crippen LogP contribution in [0.4, 0.5) is 5.82 Å². The van der Waals surface area contributed by atoms with Gasteiger partial charge in [-0.3, -0.25) is 0 Å². The summed E-state index contributed by atoms with van der Waals surface area (Å²) in [6.45, 7) is 7.43. The molecule has 3 rings (SSSR count). The third-order valence-electron chi connectivity index (χ3n) is 4.14. The number of imidazole rings is 1. The first-order valence-corrected chi connectivity index (χ1v) is 7.56. The van der Waals surface area contributed by atoms with E-state index in [0.717, 1.165) is 24.5 Å². The highest BCUT2D eigenvalue weighted by molar-refractivity contribution is 5.76. The molecule has 1 saturated carbocycles. The molecule has 0 radical (unpaired) electrons. The van der Waals surface area contributed by atoms with E-state index in [-0.39, 0.29) is 0 Å². The van der Waals surface area contributed by atoms with Crippen molar-refractivity contribution in [2.75, 3.05) is 5.73 Å². The van der Waals surface area contributed by atoms with Crippen molar-refractivity contribution >= 4 is 5.82 Å². The number of nitrogen functional groups attached to an aromatic ring is 1. The molecule has 0 saturated heterocycles. The minimum absolute atomic E-state index is 0.627. The van der Waals surface area contributed by atoms with Crippen LogP contribution in [0, 0.1) is 13.8 Å². The second-order valence-electron chi connectivity index (χ2n) is 5.90. The fourth-order valence-corrected chi connectivity index (χ4v) is 2.97. The number of nitrogens with two attached hydrogens (primary N) is 1. The molecular formula is C17H23N3. The van der Waals surface area contributed by atoms with Crippen molar-refractivity contribution in [1.29, 1.82) is 0 Å². The summed E-state index contributed by atoms with van der Waals surface area (Å²) in [5, 5.41) is 0. The fourth-order valence-electron chi connectivity index (χ4n) is 2.97. The Balaban J connectivity index is 2.16. The van der Waals surface area contributed by atoms with Gasteiger partial charge in [0, 0.05) is 18.0 Å². The quantitative estimate of drug-likeness (QED) is 0.910. The smallest absolute Gasteiger partial charge is 0.131 e. The van der Waals surface area contributed by atoms with Crippen LogP contribution in [0.3, 0.4) is 0 Å². The van der Waals surface area contributed by atoms with E-state index in [0.29, 0.717) is 5.92 Å². The van der Waals surface area contributed by atoms with Crippen LogP contribution < -0.4 is 5.73 Å². The monoisotopic (exact) mass is 269 g/mol. The fraction of sp³-hybridized carbons (Fsp3) is 0.471. The zero-order chi connectivity index (χ0) is 14.3. The standard InChI is InChI=1S/C17H23N3/c1-4-10-20-16(18)15(19-17(20)13-8-9-13)14-11(2)6-5-7-12(14)3/h5-7,13H,4,8-10,18H2,1-3H3. The lowest BCUT2D eigenvalue weighted by Crippen LogP contribution is -2.06. The third kappa shape index (κ3) is 2.11. The van der Waals surface area contributed by atoms with Gasteiger partial charge in [-0.2, -0.15) is 0 Å². The molecule has 106 valence electrons. The van der Waals surface area contributed by atoms with Gasteiger partial charge in [0.15, 0.2) is 0 Å². The number of rotatable bonds is 4. The molecule has 0 atom stereocenters. The summed E-state index contributed by atoms with van der Waals surface area (Å²) in [5.74, 6) is 2.66. The van der Waals surface area contributed by atoms with E-state index in [1.165, 1.54) is 35.4 Å². The second kappa shape index (κ2) is 4.97. The van der Waals surface area contributed by atoms with E-state index < -0.39 is 0 Å². The van der Waals surface area contributed by atoms with Gasteiger partial charge in [-0.1, -0.05) is 25.1 Å². The Morgan fingerprint density at radius 2 is 1.90 bits per heavy atom. The van der Waals surface area contributed by atoms with Gasteiger partial charge in [0.25, 0.3) is 0 Å². The highest BCUT2D eigenvalue weighted by Crippen LogP contribution is 2.43. The van der Waals surface area contributed by atoms with Gasteiger partial charge in [-0.15, -0.1) is 0 Å². The number of aromatic nitrogens is 2. The normalized spacial score (nSPS) is 14.8. The van der Waals surface area contributed by atoms with Gasteiger partial charge < -0.3 is 10.3 Å². The third-order valence-corrected chi connectivity index (χ3v) is 4.14. The van der Waals surface area contributed by atoms with Crippen molar-refractivity contribution in [2.45, 2.75) is 52.5 Å². The summed E-state index contributed by atoms with van der Waals surface area (Å²) in [5.41, 5.74) is 11.1. The van der Waals surface area contributed by atoms with Crippen LogP contribution in [0.25, 0.3) is 11.3 Å². The zero-order valence-electron chi connectivity index (χ0n) is 12.6. The average molecular weight is 269 g/mol. The Morgan fingerprint density at radius 3 is 2.45 bits per heavy atom. The van der Waals surface area contributed by atoms with Crippen molar-refractivity contribution in [1.82, 2.24) is 9.55 Å². The van der Waals surface area contributed by atoms with E-state index in [1.54, 1.807) is 0 Å². The summed E-state index contributed by atoms with van der Waals surface area (Å²) >= 11 is 0. The molecule has 1 aliphatic carbocycles. The Hall–Kier alpha value is -1.77. The van der Waals surface area contributed by atoms with Crippen LogP contribution in [0.1, 0.15) is 49.1 Å². The first kappa shape index (κ1) is 13.2. The lowest BCUT2D eigenvalue weighted by molar-refractivity contribution is 0.646. The van der Waals surface area contributed by atoms with Gasteiger partial charge in [0.2, 0.25) is 0 Å².